The molecule has 0 unspecified atom stereocenters. The van der Waals surface area contributed by atoms with E-state index < -0.39 is 5.97 Å². The Morgan fingerprint density at radius 3 is 2.56 bits per heavy atom. The van der Waals surface area contributed by atoms with Crippen LogP contribution in [0.3, 0.4) is 0 Å². The Bertz CT molecular complexity index is 382. The molecule has 0 aliphatic carbocycles. The molecular weight excluding hydrogens is 228 g/mol. The Kier molecular flexibility index (Phi) is 6.62. The first-order chi connectivity index (χ1) is 8.77. The van der Waals surface area contributed by atoms with Gasteiger partial charge in [0.1, 0.15) is 0 Å². The number of carbonyl (C=O) groups excluding carboxylic acids is 1. The number of hydrogen-bond acceptors (Lipinski definition) is 3. The molecule has 0 heterocycles. The van der Waals surface area contributed by atoms with Crippen LogP contribution in [0.25, 0.3) is 6.08 Å². The molecule has 0 amide bonds. The van der Waals surface area contributed by atoms with Gasteiger partial charge < -0.3 is 9.47 Å². The van der Waals surface area contributed by atoms with Crippen molar-refractivity contribution in [2.45, 2.75) is 26.2 Å². The number of ether oxygens (including phenoxy) is 2. The summed E-state index contributed by atoms with van der Waals surface area (Å²) in [6.45, 7) is 2.56. The van der Waals surface area contributed by atoms with Crippen LogP contribution >= 0.6 is 0 Å². The number of hydrogen-bond donors (Lipinski definition) is 0. The number of benzene rings is 1. The molecular formula is C15H20O3. The average Bonchev–Trinajstić information content (AvgIpc) is 2.42. The van der Waals surface area contributed by atoms with E-state index in [4.69, 9.17) is 9.47 Å². The first-order valence-electron chi connectivity index (χ1n) is 6.25. The molecule has 0 radical (unpaired) electrons. The van der Waals surface area contributed by atoms with Crippen molar-refractivity contribution in [3.8, 4) is 0 Å². The molecule has 0 saturated carbocycles. The topological polar surface area (TPSA) is 35.5 Å². The van der Waals surface area contributed by atoms with Crippen LogP contribution < -0.4 is 0 Å². The molecule has 3 nitrogen and oxygen atoms in total. The fourth-order valence-electron chi connectivity index (χ4n) is 1.49. The first-order valence-corrected chi connectivity index (χ1v) is 6.25. The molecule has 98 valence electrons. The van der Waals surface area contributed by atoms with E-state index in [0.717, 1.165) is 24.8 Å². The highest BCUT2D eigenvalue weighted by Crippen LogP contribution is 2.09. The summed E-state index contributed by atoms with van der Waals surface area (Å²) >= 11 is 0. The van der Waals surface area contributed by atoms with Gasteiger partial charge in [0.2, 0.25) is 5.76 Å². The molecule has 1 aromatic rings. The normalized spacial score (nSPS) is 11.1. The SMILES string of the molecule is CCCCCOC(=O)C(=Cc1ccccc1)OC. The van der Waals surface area contributed by atoms with Gasteiger partial charge in [0.05, 0.1) is 13.7 Å². The minimum absolute atomic E-state index is 0.234. The zero-order valence-corrected chi connectivity index (χ0v) is 11.0. The van der Waals surface area contributed by atoms with Gasteiger partial charge in [-0.05, 0) is 18.1 Å². The maximum atomic E-state index is 11.7. The molecule has 0 saturated heterocycles. The fraction of sp³-hybridized carbons (Fsp3) is 0.400. The largest absolute Gasteiger partial charge is 0.490 e. The molecule has 0 spiro atoms. The van der Waals surface area contributed by atoms with E-state index in [1.807, 2.05) is 30.3 Å². The quantitative estimate of drug-likeness (QED) is 0.321. The van der Waals surface area contributed by atoms with Crippen molar-refractivity contribution in [3.63, 3.8) is 0 Å². The van der Waals surface area contributed by atoms with Crippen molar-refractivity contribution in [2.24, 2.45) is 0 Å². The van der Waals surface area contributed by atoms with Crippen LogP contribution in [0, 0.1) is 0 Å². The van der Waals surface area contributed by atoms with Gasteiger partial charge in [-0.15, -0.1) is 0 Å². The molecule has 0 aliphatic rings. The lowest BCUT2D eigenvalue weighted by atomic mass is 10.2. The third-order valence-electron chi connectivity index (χ3n) is 2.50. The number of rotatable bonds is 7. The lowest BCUT2D eigenvalue weighted by molar-refractivity contribution is -0.142. The number of esters is 1. The Labute approximate surface area is 108 Å². The molecule has 1 rings (SSSR count). The number of methoxy groups -OCH3 is 1. The van der Waals surface area contributed by atoms with Crippen LogP contribution in [0.15, 0.2) is 36.1 Å². The van der Waals surface area contributed by atoms with Crippen molar-refractivity contribution in [1.82, 2.24) is 0 Å². The first kappa shape index (κ1) is 14.3. The van der Waals surface area contributed by atoms with E-state index in [-0.39, 0.29) is 5.76 Å². The molecule has 18 heavy (non-hydrogen) atoms. The third-order valence-corrected chi connectivity index (χ3v) is 2.50. The Morgan fingerprint density at radius 1 is 1.22 bits per heavy atom. The van der Waals surface area contributed by atoms with Crippen molar-refractivity contribution in [3.05, 3.63) is 41.7 Å². The highest BCUT2D eigenvalue weighted by atomic mass is 16.6. The second-order valence-electron chi connectivity index (χ2n) is 3.97. The molecule has 1 aromatic carbocycles. The Morgan fingerprint density at radius 2 is 1.94 bits per heavy atom. The zero-order chi connectivity index (χ0) is 13.2. The van der Waals surface area contributed by atoms with Crippen LogP contribution in [0.1, 0.15) is 31.7 Å². The molecule has 0 N–H and O–H groups in total. The Balaban J connectivity index is 2.55. The fourth-order valence-corrected chi connectivity index (χ4v) is 1.49. The van der Waals surface area contributed by atoms with Crippen LogP contribution in [-0.4, -0.2) is 19.7 Å². The Hall–Kier alpha value is -1.77. The lowest BCUT2D eigenvalue weighted by Crippen LogP contribution is -2.10. The summed E-state index contributed by atoms with van der Waals surface area (Å²) in [5, 5.41) is 0. The summed E-state index contributed by atoms with van der Waals surface area (Å²) in [5.41, 5.74) is 0.917. The third kappa shape index (κ3) is 5.04. The summed E-state index contributed by atoms with van der Waals surface area (Å²) in [6, 6.07) is 9.55. The summed E-state index contributed by atoms with van der Waals surface area (Å²) in [5.74, 6) is -0.171. The molecule has 0 atom stereocenters. The van der Waals surface area contributed by atoms with Gasteiger partial charge in [0.25, 0.3) is 0 Å². The van der Waals surface area contributed by atoms with Crippen molar-refractivity contribution < 1.29 is 14.3 Å². The van der Waals surface area contributed by atoms with Crippen LogP contribution in [0.2, 0.25) is 0 Å². The second kappa shape index (κ2) is 8.34. The monoisotopic (exact) mass is 248 g/mol. The van der Waals surface area contributed by atoms with Crippen LogP contribution in [-0.2, 0) is 14.3 Å². The van der Waals surface area contributed by atoms with E-state index in [1.165, 1.54) is 7.11 Å². The standard InChI is InChI=1S/C15H20O3/c1-3-4-8-11-18-15(16)14(17-2)12-13-9-6-5-7-10-13/h5-7,9-10,12H,3-4,8,11H2,1-2H3. The molecule has 0 bridgehead atoms. The predicted octanol–water partition coefficient (Wildman–Crippen LogP) is 3.41. The number of carbonyl (C=O) groups is 1. The minimum atomic E-state index is -0.405. The van der Waals surface area contributed by atoms with Gasteiger partial charge in [0, 0.05) is 0 Å². The highest BCUT2D eigenvalue weighted by molar-refractivity contribution is 5.91. The summed E-state index contributed by atoms with van der Waals surface area (Å²) in [4.78, 5) is 11.7. The van der Waals surface area contributed by atoms with Gasteiger partial charge in [-0.1, -0.05) is 50.1 Å². The van der Waals surface area contributed by atoms with Gasteiger partial charge in [-0.3, -0.25) is 0 Å². The van der Waals surface area contributed by atoms with Crippen molar-refractivity contribution >= 4 is 12.0 Å². The lowest BCUT2D eigenvalue weighted by Gasteiger charge is -2.07. The predicted molar refractivity (Wildman–Crippen MR) is 71.9 cm³/mol. The maximum Gasteiger partial charge on any atom is 0.373 e. The summed E-state index contributed by atoms with van der Waals surface area (Å²) in [7, 11) is 1.47. The summed E-state index contributed by atoms with van der Waals surface area (Å²) < 4.78 is 10.2. The molecule has 0 fully saturated rings. The van der Waals surface area contributed by atoms with E-state index in [9.17, 15) is 4.79 Å². The van der Waals surface area contributed by atoms with Crippen molar-refractivity contribution in [2.75, 3.05) is 13.7 Å². The van der Waals surface area contributed by atoms with E-state index in [0.29, 0.717) is 6.61 Å². The van der Waals surface area contributed by atoms with E-state index in [1.54, 1.807) is 6.08 Å². The minimum Gasteiger partial charge on any atom is -0.490 e. The smallest absolute Gasteiger partial charge is 0.373 e. The highest BCUT2D eigenvalue weighted by Gasteiger charge is 2.10. The van der Waals surface area contributed by atoms with E-state index in [2.05, 4.69) is 6.92 Å². The van der Waals surface area contributed by atoms with E-state index >= 15 is 0 Å². The molecule has 0 aliphatic heterocycles. The zero-order valence-electron chi connectivity index (χ0n) is 11.0. The summed E-state index contributed by atoms with van der Waals surface area (Å²) in [6.07, 6.45) is 4.75. The molecule has 3 heteroatoms. The van der Waals surface area contributed by atoms with Gasteiger partial charge >= 0.3 is 5.97 Å². The van der Waals surface area contributed by atoms with Crippen molar-refractivity contribution in [1.29, 1.82) is 0 Å². The number of unbranched alkanes of at least 4 members (excludes halogenated alkanes) is 2. The van der Waals surface area contributed by atoms with Crippen LogP contribution in [0.4, 0.5) is 0 Å². The second-order valence-corrected chi connectivity index (χ2v) is 3.97. The average molecular weight is 248 g/mol. The van der Waals surface area contributed by atoms with Gasteiger partial charge in [0.15, 0.2) is 0 Å². The maximum absolute atomic E-state index is 11.7. The molecule has 0 aromatic heterocycles. The van der Waals surface area contributed by atoms with Gasteiger partial charge in [-0.2, -0.15) is 0 Å². The van der Waals surface area contributed by atoms with Gasteiger partial charge in [-0.25, -0.2) is 4.79 Å². The van der Waals surface area contributed by atoms with Crippen LogP contribution in [0.5, 0.6) is 0 Å².